The van der Waals surface area contributed by atoms with Crippen LogP contribution in [0.3, 0.4) is 0 Å². The molecule has 1 saturated heterocycles. The molecule has 1 N–H and O–H groups in total. The molecule has 0 spiro atoms. The molecule has 1 aliphatic rings. The second kappa shape index (κ2) is 7.96. The third-order valence-corrected chi connectivity index (χ3v) is 6.04. The molecule has 6 heteroatoms. The van der Waals surface area contributed by atoms with Gasteiger partial charge in [-0.3, -0.25) is 4.79 Å². The van der Waals surface area contributed by atoms with Gasteiger partial charge in [-0.2, -0.15) is 0 Å². The van der Waals surface area contributed by atoms with Crippen molar-refractivity contribution in [3.63, 3.8) is 0 Å². The van der Waals surface area contributed by atoms with Crippen LogP contribution in [0.1, 0.15) is 18.4 Å². The standard InChI is InChI=1S/C21H23N3O2S/c1-26-17-9-10-18-19(12-17)27-21(23-18)24-11-5-8-16(14-24)20(25)22-13-15-6-3-2-4-7-15/h2-4,6-7,9-10,12,16H,5,8,11,13-14H2,1H3,(H,22,25)/t16-/m1/s1. The van der Waals surface area contributed by atoms with E-state index < -0.39 is 0 Å². The Kier molecular flexibility index (Phi) is 5.25. The van der Waals surface area contributed by atoms with Gasteiger partial charge in [-0.15, -0.1) is 0 Å². The van der Waals surface area contributed by atoms with Gasteiger partial charge >= 0.3 is 0 Å². The average Bonchev–Trinajstić information content (AvgIpc) is 3.16. The van der Waals surface area contributed by atoms with Crippen molar-refractivity contribution in [1.82, 2.24) is 10.3 Å². The Balaban J connectivity index is 1.42. The predicted octanol–water partition coefficient (Wildman–Crippen LogP) is 3.84. The number of ether oxygens (including phenoxy) is 1. The molecular formula is C21H23N3O2S. The van der Waals surface area contributed by atoms with E-state index in [9.17, 15) is 4.79 Å². The van der Waals surface area contributed by atoms with E-state index in [1.165, 1.54) is 0 Å². The first-order valence-electron chi connectivity index (χ1n) is 9.24. The van der Waals surface area contributed by atoms with Crippen LogP contribution >= 0.6 is 11.3 Å². The molecule has 0 bridgehead atoms. The van der Waals surface area contributed by atoms with Crippen molar-refractivity contribution in [1.29, 1.82) is 0 Å². The number of carbonyl (C=O) groups excluding carboxylic acids is 1. The van der Waals surface area contributed by atoms with Crippen molar-refractivity contribution >= 4 is 32.6 Å². The number of piperidine rings is 1. The fourth-order valence-corrected chi connectivity index (χ4v) is 4.48. The van der Waals surface area contributed by atoms with Crippen LogP contribution in [0.15, 0.2) is 48.5 Å². The second-order valence-electron chi connectivity index (χ2n) is 6.82. The SMILES string of the molecule is COc1ccc2nc(N3CCC[C@@H](C(=O)NCc4ccccc4)C3)sc2c1. The normalized spacial score (nSPS) is 17.1. The fraction of sp³-hybridized carbons (Fsp3) is 0.333. The van der Waals surface area contributed by atoms with Crippen LogP contribution in [-0.4, -0.2) is 31.1 Å². The van der Waals surface area contributed by atoms with Crippen LogP contribution in [-0.2, 0) is 11.3 Å². The Hall–Kier alpha value is -2.60. The van der Waals surface area contributed by atoms with Crippen LogP contribution in [0.2, 0.25) is 0 Å². The molecule has 2 heterocycles. The van der Waals surface area contributed by atoms with Gasteiger partial charge in [0.25, 0.3) is 0 Å². The van der Waals surface area contributed by atoms with Crippen molar-refractivity contribution in [3.05, 3.63) is 54.1 Å². The molecule has 4 rings (SSSR count). The van der Waals surface area contributed by atoms with Crippen molar-refractivity contribution < 1.29 is 9.53 Å². The lowest BCUT2D eigenvalue weighted by Gasteiger charge is -2.31. The van der Waals surface area contributed by atoms with Crippen molar-refractivity contribution in [2.75, 3.05) is 25.1 Å². The van der Waals surface area contributed by atoms with Gasteiger partial charge < -0.3 is 15.0 Å². The summed E-state index contributed by atoms with van der Waals surface area (Å²) in [4.78, 5) is 19.6. The first-order chi connectivity index (χ1) is 13.2. The highest BCUT2D eigenvalue weighted by Crippen LogP contribution is 2.33. The number of fused-ring (bicyclic) bond motifs is 1. The monoisotopic (exact) mass is 381 g/mol. The molecule has 1 fully saturated rings. The summed E-state index contributed by atoms with van der Waals surface area (Å²) in [5.41, 5.74) is 2.10. The van der Waals surface area contributed by atoms with Crippen LogP contribution in [0, 0.1) is 5.92 Å². The first kappa shape index (κ1) is 17.8. The Bertz CT molecular complexity index is 926. The largest absolute Gasteiger partial charge is 0.497 e. The molecule has 1 aromatic heterocycles. The van der Waals surface area contributed by atoms with Gasteiger partial charge in [0.05, 0.1) is 23.2 Å². The molecule has 1 amide bonds. The van der Waals surface area contributed by atoms with Gasteiger partial charge in [0.1, 0.15) is 5.75 Å². The number of carbonyl (C=O) groups is 1. The Labute approximate surface area is 163 Å². The molecule has 0 radical (unpaired) electrons. The Morgan fingerprint density at radius 1 is 1.30 bits per heavy atom. The quantitative estimate of drug-likeness (QED) is 0.730. The van der Waals surface area contributed by atoms with Gasteiger partial charge in [-0.1, -0.05) is 41.7 Å². The minimum absolute atomic E-state index is 0.00371. The van der Waals surface area contributed by atoms with E-state index >= 15 is 0 Å². The van der Waals surface area contributed by atoms with E-state index in [1.807, 2.05) is 48.5 Å². The first-order valence-corrected chi connectivity index (χ1v) is 10.1. The molecular weight excluding hydrogens is 358 g/mol. The zero-order valence-electron chi connectivity index (χ0n) is 15.4. The molecule has 27 heavy (non-hydrogen) atoms. The lowest BCUT2D eigenvalue weighted by molar-refractivity contribution is -0.125. The molecule has 3 aromatic rings. The molecule has 0 aliphatic carbocycles. The highest BCUT2D eigenvalue weighted by Gasteiger charge is 2.27. The summed E-state index contributed by atoms with van der Waals surface area (Å²) in [5.74, 6) is 0.977. The number of anilines is 1. The number of nitrogens with zero attached hydrogens (tertiary/aromatic N) is 2. The molecule has 5 nitrogen and oxygen atoms in total. The summed E-state index contributed by atoms with van der Waals surface area (Å²) in [5, 5.41) is 4.07. The number of benzene rings is 2. The predicted molar refractivity (Wildman–Crippen MR) is 109 cm³/mol. The van der Waals surface area contributed by atoms with E-state index in [4.69, 9.17) is 9.72 Å². The van der Waals surface area contributed by atoms with E-state index in [2.05, 4.69) is 10.2 Å². The summed E-state index contributed by atoms with van der Waals surface area (Å²) >= 11 is 1.66. The molecule has 0 unspecified atom stereocenters. The molecule has 2 aromatic carbocycles. The zero-order chi connectivity index (χ0) is 18.6. The van der Waals surface area contributed by atoms with E-state index in [1.54, 1.807) is 18.4 Å². The Morgan fingerprint density at radius 3 is 2.96 bits per heavy atom. The summed E-state index contributed by atoms with van der Waals surface area (Å²) in [6, 6.07) is 16.0. The summed E-state index contributed by atoms with van der Waals surface area (Å²) in [6.07, 6.45) is 1.93. The number of methoxy groups -OCH3 is 1. The molecule has 1 atom stereocenters. The Morgan fingerprint density at radius 2 is 2.15 bits per heavy atom. The van der Waals surface area contributed by atoms with E-state index in [0.29, 0.717) is 6.54 Å². The lowest BCUT2D eigenvalue weighted by atomic mass is 9.97. The van der Waals surface area contributed by atoms with Crippen LogP contribution in [0.25, 0.3) is 10.2 Å². The van der Waals surface area contributed by atoms with Crippen LogP contribution in [0.4, 0.5) is 5.13 Å². The minimum Gasteiger partial charge on any atom is -0.497 e. The van der Waals surface area contributed by atoms with Gasteiger partial charge in [0.15, 0.2) is 5.13 Å². The highest BCUT2D eigenvalue weighted by atomic mass is 32.1. The lowest BCUT2D eigenvalue weighted by Crippen LogP contribution is -2.42. The van der Waals surface area contributed by atoms with E-state index in [-0.39, 0.29) is 11.8 Å². The summed E-state index contributed by atoms with van der Waals surface area (Å²) < 4.78 is 6.41. The topological polar surface area (TPSA) is 54.5 Å². The number of rotatable bonds is 5. The van der Waals surface area contributed by atoms with Crippen molar-refractivity contribution in [3.8, 4) is 5.75 Å². The number of hydrogen-bond donors (Lipinski definition) is 1. The van der Waals surface area contributed by atoms with E-state index in [0.717, 1.165) is 52.6 Å². The average molecular weight is 382 g/mol. The maximum atomic E-state index is 12.6. The molecule has 0 saturated carbocycles. The van der Waals surface area contributed by atoms with Gasteiger partial charge in [0.2, 0.25) is 5.91 Å². The number of amides is 1. The molecule has 140 valence electrons. The second-order valence-corrected chi connectivity index (χ2v) is 7.83. The van der Waals surface area contributed by atoms with Crippen molar-refractivity contribution in [2.45, 2.75) is 19.4 Å². The number of nitrogens with one attached hydrogen (secondary N) is 1. The summed E-state index contributed by atoms with van der Waals surface area (Å²) in [7, 11) is 1.67. The summed E-state index contributed by atoms with van der Waals surface area (Å²) in [6.45, 7) is 2.24. The molecule has 1 aliphatic heterocycles. The third kappa shape index (κ3) is 4.06. The zero-order valence-corrected chi connectivity index (χ0v) is 16.2. The maximum absolute atomic E-state index is 12.6. The minimum atomic E-state index is 0.00371. The third-order valence-electron chi connectivity index (χ3n) is 4.96. The fourth-order valence-electron chi connectivity index (χ4n) is 3.45. The highest BCUT2D eigenvalue weighted by molar-refractivity contribution is 7.22. The number of hydrogen-bond acceptors (Lipinski definition) is 5. The number of thiazole rings is 1. The van der Waals surface area contributed by atoms with Gasteiger partial charge in [0, 0.05) is 19.6 Å². The van der Waals surface area contributed by atoms with Gasteiger partial charge in [-0.05, 0) is 36.6 Å². The smallest absolute Gasteiger partial charge is 0.225 e. The van der Waals surface area contributed by atoms with Crippen LogP contribution in [0.5, 0.6) is 5.75 Å². The van der Waals surface area contributed by atoms with Crippen LogP contribution < -0.4 is 15.0 Å². The van der Waals surface area contributed by atoms with Crippen molar-refractivity contribution in [2.24, 2.45) is 5.92 Å². The maximum Gasteiger partial charge on any atom is 0.225 e. The van der Waals surface area contributed by atoms with Gasteiger partial charge in [-0.25, -0.2) is 4.98 Å². The number of aromatic nitrogens is 1.